The largest absolute Gasteiger partial charge is 0.310 e. The monoisotopic (exact) mass is 241 g/mol. The first kappa shape index (κ1) is 14.1. The van der Waals surface area contributed by atoms with Crippen LogP contribution in [0.3, 0.4) is 0 Å². The lowest BCUT2D eigenvalue weighted by molar-refractivity contribution is 0.439. The molecule has 3 heteroatoms. The lowest BCUT2D eigenvalue weighted by atomic mass is 10.0. The van der Waals surface area contributed by atoms with E-state index in [4.69, 9.17) is 0 Å². The van der Waals surface area contributed by atoms with E-state index in [0.717, 1.165) is 12.8 Å². The molecule has 0 aromatic heterocycles. The highest BCUT2D eigenvalue weighted by molar-refractivity contribution is 5.19. The van der Waals surface area contributed by atoms with Crippen LogP contribution in [0.25, 0.3) is 0 Å². The minimum absolute atomic E-state index is 0.129. The molecule has 0 saturated heterocycles. The van der Waals surface area contributed by atoms with Gasteiger partial charge < -0.3 is 5.32 Å². The zero-order valence-corrected chi connectivity index (χ0v) is 10.8. The lowest BCUT2D eigenvalue weighted by Crippen LogP contribution is -2.26. The van der Waals surface area contributed by atoms with Gasteiger partial charge in [0.15, 0.2) is 0 Å². The van der Waals surface area contributed by atoms with Crippen LogP contribution in [-0.2, 0) is 6.54 Å². The lowest BCUT2D eigenvalue weighted by Gasteiger charge is -2.15. The number of benzene rings is 1. The van der Waals surface area contributed by atoms with Gasteiger partial charge in [0.1, 0.15) is 11.6 Å². The van der Waals surface area contributed by atoms with Gasteiger partial charge in [-0.15, -0.1) is 0 Å². The molecule has 0 bridgehead atoms. The molecular weight excluding hydrogens is 220 g/mol. The van der Waals surface area contributed by atoms with Crippen LogP contribution in [0.1, 0.15) is 39.2 Å². The van der Waals surface area contributed by atoms with E-state index in [9.17, 15) is 8.78 Å². The molecule has 17 heavy (non-hydrogen) atoms. The molecule has 96 valence electrons. The SMILES string of the molecule is CC(C)CCC(C)NCc1c(F)cccc1F. The van der Waals surface area contributed by atoms with Crippen LogP contribution in [0.2, 0.25) is 0 Å². The Morgan fingerprint density at radius 3 is 2.18 bits per heavy atom. The fourth-order valence-corrected chi connectivity index (χ4v) is 1.66. The summed E-state index contributed by atoms with van der Waals surface area (Å²) in [4.78, 5) is 0. The highest BCUT2D eigenvalue weighted by Gasteiger charge is 2.09. The molecule has 0 saturated carbocycles. The number of hydrogen-bond donors (Lipinski definition) is 1. The predicted molar refractivity (Wildman–Crippen MR) is 66.7 cm³/mol. The maximum Gasteiger partial charge on any atom is 0.130 e. The highest BCUT2D eigenvalue weighted by atomic mass is 19.1. The van der Waals surface area contributed by atoms with E-state index in [-0.39, 0.29) is 18.2 Å². The van der Waals surface area contributed by atoms with Crippen molar-refractivity contribution in [2.75, 3.05) is 0 Å². The molecule has 0 aliphatic carbocycles. The van der Waals surface area contributed by atoms with Gasteiger partial charge in [-0.05, 0) is 37.8 Å². The molecular formula is C14H21F2N. The Kier molecular flexibility index (Phi) is 5.56. The van der Waals surface area contributed by atoms with Crippen LogP contribution in [0, 0.1) is 17.6 Å². The van der Waals surface area contributed by atoms with Crippen LogP contribution >= 0.6 is 0 Å². The highest BCUT2D eigenvalue weighted by Crippen LogP contribution is 2.13. The summed E-state index contributed by atoms with van der Waals surface area (Å²) in [6, 6.07) is 4.24. The van der Waals surface area contributed by atoms with Gasteiger partial charge in [-0.3, -0.25) is 0 Å². The van der Waals surface area contributed by atoms with Crippen molar-refractivity contribution in [2.45, 2.75) is 46.2 Å². The number of rotatable bonds is 6. The first-order valence-electron chi connectivity index (χ1n) is 6.17. The summed E-state index contributed by atoms with van der Waals surface area (Å²) in [5.74, 6) is -0.299. The zero-order valence-electron chi connectivity index (χ0n) is 10.8. The maximum atomic E-state index is 13.3. The van der Waals surface area contributed by atoms with E-state index in [1.807, 2.05) is 6.92 Å². The number of halogens is 2. The Morgan fingerprint density at radius 1 is 1.06 bits per heavy atom. The second kappa shape index (κ2) is 6.70. The number of nitrogens with one attached hydrogen (secondary N) is 1. The van der Waals surface area contributed by atoms with E-state index in [1.165, 1.54) is 18.2 Å². The van der Waals surface area contributed by atoms with Crippen LogP contribution in [0.5, 0.6) is 0 Å². The maximum absolute atomic E-state index is 13.3. The molecule has 0 aliphatic heterocycles. The van der Waals surface area contributed by atoms with Crippen molar-refractivity contribution < 1.29 is 8.78 Å². The van der Waals surface area contributed by atoms with Gasteiger partial charge in [0, 0.05) is 18.2 Å². The minimum Gasteiger partial charge on any atom is -0.310 e. The average molecular weight is 241 g/mol. The first-order valence-corrected chi connectivity index (χ1v) is 6.17. The third kappa shape index (κ3) is 4.82. The molecule has 1 nitrogen and oxygen atoms in total. The van der Waals surface area contributed by atoms with Crippen molar-refractivity contribution in [3.05, 3.63) is 35.4 Å². The van der Waals surface area contributed by atoms with Crippen molar-refractivity contribution in [1.29, 1.82) is 0 Å². The molecule has 0 aliphatic rings. The van der Waals surface area contributed by atoms with E-state index in [1.54, 1.807) is 0 Å². The van der Waals surface area contributed by atoms with E-state index in [2.05, 4.69) is 19.2 Å². The van der Waals surface area contributed by atoms with Crippen molar-refractivity contribution >= 4 is 0 Å². The Morgan fingerprint density at radius 2 is 1.65 bits per heavy atom. The molecule has 1 atom stereocenters. The molecule has 0 heterocycles. The van der Waals surface area contributed by atoms with Crippen molar-refractivity contribution in [1.82, 2.24) is 5.32 Å². The van der Waals surface area contributed by atoms with Gasteiger partial charge in [0.25, 0.3) is 0 Å². The molecule has 1 aromatic carbocycles. The van der Waals surface area contributed by atoms with Crippen molar-refractivity contribution in [3.8, 4) is 0 Å². The van der Waals surface area contributed by atoms with Gasteiger partial charge in [-0.25, -0.2) is 8.78 Å². The summed E-state index contributed by atoms with van der Waals surface area (Å²) in [6.07, 6.45) is 2.14. The van der Waals surface area contributed by atoms with Crippen LogP contribution in [0.15, 0.2) is 18.2 Å². The Hall–Kier alpha value is -0.960. The normalized spacial score (nSPS) is 13.1. The summed E-state index contributed by atoms with van der Waals surface area (Å²) in [5, 5.41) is 3.16. The summed E-state index contributed by atoms with van der Waals surface area (Å²) < 4.78 is 26.7. The molecule has 1 N–H and O–H groups in total. The van der Waals surface area contributed by atoms with E-state index >= 15 is 0 Å². The fourth-order valence-electron chi connectivity index (χ4n) is 1.66. The van der Waals surface area contributed by atoms with Gasteiger partial charge in [-0.1, -0.05) is 19.9 Å². The smallest absolute Gasteiger partial charge is 0.130 e. The standard InChI is InChI=1S/C14H21F2N/c1-10(2)7-8-11(3)17-9-12-13(15)5-4-6-14(12)16/h4-6,10-11,17H,7-9H2,1-3H3. The zero-order chi connectivity index (χ0) is 12.8. The second-order valence-electron chi connectivity index (χ2n) is 4.95. The van der Waals surface area contributed by atoms with E-state index < -0.39 is 11.6 Å². The summed E-state index contributed by atoms with van der Waals surface area (Å²) in [7, 11) is 0. The molecule has 0 amide bonds. The van der Waals surface area contributed by atoms with E-state index in [0.29, 0.717) is 5.92 Å². The third-order valence-corrected chi connectivity index (χ3v) is 2.87. The molecule has 0 radical (unpaired) electrons. The van der Waals surface area contributed by atoms with Crippen molar-refractivity contribution in [3.63, 3.8) is 0 Å². The molecule has 1 aromatic rings. The molecule has 1 unspecified atom stereocenters. The quantitative estimate of drug-likeness (QED) is 0.797. The Balaban J connectivity index is 2.44. The van der Waals surface area contributed by atoms with Gasteiger partial charge in [-0.2, -0.15) is 0 Å². The van der Waals surface area contributed by atoms with Gasteiger partial charge in [0.2, 0.25) is 0 Å². The Bertz CT molecular complexity index is 330. The predicted octanol–water partition coefficient (Wildman–Crippen LogP) is 3.88. The topological polar surface area (TPSA) is 12.0 Å². The van der Waals surface area contributed by atoms with Crippen LogP contribution in [-0.4, -0.2) is 6.04 Å². The summed E-state index contributed by atoms with van der Waals surface area (Å²) >= 11 is 0. The third-order valence-electron chi connectivity index (χ3n) is 2.87. The first-order chi connectivity index (χ1) is 8.00. The summed E-state index contributed by atoms with van der Waals surface area (Å²) in [6.45, 7) is 6.63. The number of hydrogen-bond acceptors (Lipinski definition) is 1. The van der Waals surface area contributed by atoms with Crippen LogP contribution in [0.4, 0.5) is 8.78 Å². The Labute approximate surface area is 102 Å². The fraction of sp³-hybridized carbons (Fsp3) is 0.571. The molecule has 0 fully saturated rings. The summed E-state index contributed by atoms with van der Waals surface area (Å²) in [5.41, 5.74) is 0.129. The molecule has 1 rings (SSSR count). The second-order valence-corrected chi connectivity index (χ2v) is 4.95. The van der Waals surface area contributed by atoms with Crippen molar-refractivity contribution in [2.24, 2.45) is 5.92 Å². The van der Waals surface area contributed by atoms with Gasteiger partial charge in [0.05, 0.1) is 0 Å². The molecule has 0 spiro atoms. The average Bonchev–Trinajstić information content (AvgIpc) is 2.25. The minimum atomic E-state index is -0.478. The van der Waals surface area contributed by atoms with Gasteiger partial charge >= 0.3 is 0 Å². The van der Waals surface area contributed by atoms with Crippen LogP contribution < -0.4 is 5.32 Å².